The van der Waals surface area contributed by atoms with Crippen molar-refractivity contribution in [2.24, 2.45) is 0 Å². The minimum absolute atomic E-state index is 0.101. The Hall–Kier alpha value is -2.21. The number of carboxylic acids is 1. The quantitative estimate of drug-likeness (QED) is 0.880. The van der Waals surface area contributed by atoms with Gasteiger partial charge in [-0.05, 0) is 38.5 Å². The molecule has 0 aliphatic heterocycles. The number of hydrogen-bond donors (Lipinski definition) is 2. The average molecular weight is 288 g/mol. The van der Waals surface area contributed by atoms with Crippen LogP contribution < -0.4 is 5.32 Å². The van der Waals surface area contributed by atoms with E-state index in [0.717, 1.165) is 11.4 Å². The molecule has 0 aliphatic rings. The van der Waals surface area contributed by atoms with Crippen molar-refractivity contribution in [1.29, 1.82) is 0 Å². The Bertz CT molecular complexity index is 611. The summed E-state index contributed by atoms with van der Waals surface area (Å²) >= 11 is 0. The highest BCUT2D eigenvalue weighted by Crippen LogP contribution is 2.13. The van der Waals surface area contributed by atoms with Gasteiger partial charge in [0.15, 0.2) is 0 Å². The predicted molar refractivity (Wildman–Crippen MR) is 79.0 cm³/mol. The van der Waals surface area contributed by atoms with Gasteiger partial charge >= 0.3 is 5.97 Å². The van der Waals surface area contributed by atoms with Crippen LogP contribution >= 0.6 is 0 Å². The number of rotatable bonds is 5. The highest BCUT2D eigenvalue weighted by Gasteiger charge is 2.17. The third kappa shape index (κ3) is 3.88. The molecular formula is C15H20N4O2. The molecule has 112 valence electrons. The second-order valence-electron chi connectivity index (χ2n) is 5.86. The lowest BCUT2D eigenvalue weighted by atomic mass is 10.1. The first kappa shape index (κ1) is 15.2. The lowest BCUT2D eigenvalue weighted by molar-refractivity contribution is 0.0697. The third-order valence-electron chi connectivity index (χ3n) is 3.07. The molecule has 0 fully saturated rings. The zero-order chi connectivity index (χ0) is 15.5. The number of nitrogens with zero attached hydrogens (tertiary/aromatic N) is 3. The van der Waals surface area contributed by atoms with Gasteiger partial charge in [0.2, 0.25) is 0 Å². The minimum Gasteiger partial charge on any atom is -0.478 e. The zero-order valence-corrected chi connectivity index (χ0v) is 12.5. The van der Waals surface area contributed by atoms with Crippen LogP contribution in [-0.2, 0) is 18.6 Å². The maximum atomic E-state index is 10.8. The first-order valence-electron chi connectivity index (χ1n) is 6.80. The first-order chi connectivity index (χ1) is 9.88. The molecule has 6 heteroatoms. The van der Waals surface area contributed by atoms with Gasteiger partial charge in [0.1, 0.15) is 12.2 Å². The third-order valence-corrected chi connectivity index (χ3v) is 3.07. The van der Waals surface area contributed by atoms with E-state index in [1.54, 1.807) is 18.5 Å². The van der Waals surface area contributed by atoms with Crippen LogP contribution in [0.4, 0.5) is 0 Å². The van der Waals surface area contributed by atoms with Crippen molar-refractivity contribution < 1.29 is 9.90 Å². The molecule has 2 rings (SSSR count). The number of aromatic nitrogens is 3. The average Bonchev–Trinajstić information content (AvgIpc) is 2.88. The van der Waals surface area contributed by atoms with Gasteiger partial charge in [-0.15, -0.1) is 0 Å². The molecule has 0 saturated carbocycles. The topological polar surface area (TPSA) is 80.0 Å². The van der Waals surface area contributed by atoms with Crippen molar-refractivity contribution in [2.45, 2.75) is 39.4 Å². The number of aromatic carboxylic acids is 1. The molecule has 0 radical (unpaired) electrons. The van der Waals surface area contributed by atoms with Gasteiger partial charge in [0.25, 0.3) is 0 Å². The summed E-state index contributed by atoms with van der Waals surface area (Å²) in [6, 6.07) is 6.84. The molecule has 0 unspecified atom stereocenters. The van der Waals surface area contributed by atoms with Crippen LogP contribution in [0.1, 0.15) is 42.5 Å². The Morgan fingerprint density at radius 2 is 1.90 bits per heavy atom. The molecule has 2 N–H and O–H groups in total. The van der Waals surface area contributed by atoms with Crippen LogP contribution in [0.2, 0.25) is 0 Å². The van der Waals surface area contributed by atoms with Crippen LogP contribution in [-0.4, -0.2) is 25.8 Å². The number of hydrogen-bond acceptors (Lipinski definition) is 4. The molecule has 0 bridgehead atoms. The second kappa shape index (κ2) is 6.05. The van der Waals surface area contributed by atoms with Gasteiger partial charge in [0.05, 0.1) is 17.6 Å². The molecule has 1 aromatic heterocycles. The molecule has 0 atom stereocenters. The maximum Gasteiger partial charge on any atom is 0.335 e. The highest BCUT2D eigenvalue weighted by atomic mass is 16.4. The van der Waals surface area contributed by atoms with E-state index in [2.05, 4.69) is 36.2 Å². The van der Waals surface area contributed by atoms with Crippen molar-refractivity contribution in [1.82, 2.24) is 20.1 Å². The summed E-state index contributed by atoms with van der Waals surface area (Å²) < 4.78 is 1.90. The molecule has 0 saturated heterocycles. The summed E-state index contributed by atoms with van der Waals surface area (Å²) in [5.41, 5.74) is 1.23. The van der Waals surface area contributed by atoms with Crippen LogP contribution in [0, 0.1) is 0 Å². The fourth-order valence-corrected chi connectivity index (χ4v) is 2.03. The molecule has 2 aromatic rings. The van der Waals surface area contributed by atoms with Crippen molar-refractivity contribution in [3.63, 3.8) is 0 Å². The largest absolute Gasteiger partial charge is 0.478 e. The van der Waals surface area contributed by atoms with Crippen LogP contribution in [0.3, 0.4) is 0 Å². The zero-order valence-electron chi connectivity index (χ0n) is 12.5. The van der Waals surface area contributed by atoms with E-state index in [9.17, 15) is 4.79 Å². The summed E-state index contributed by atoms with van der Waals surface area (Å²) in [5, 5.41) is 16.4. The Balaban J connectivity index is 1.93. The van der Waals surface area contributed by atoms with Crippen molar-refractivity contribution in [2.75, 3.05) is 0 Å². The number of carboxylic acid groups (broad SMARTS) is 1. The van der Waals surface area contributed by atoms with Gasteiger partial charge in [-0.3, -0.25) is 0 Å². The number of benzene rings is 1. The van der Waals surface area contributed by atoms with Gasteiger partial charge in [0, 0.05) is 6.54 Å². The molecule has 1 aromatic carbocycles. The van der Waals surface area contributed by atoms with E-state index in [1.807, 2.05) is 16.8 Å². The van der Waals surface area contributed by atoms with E-state index in [1.165, 1.54) is 0 Å². The summed E-state index contributed by atoms with van der Waals surface area (Å²) in [7, 11) is 0. The predicted octanol–water partition coefficient (Wildman–Crippen LogP) is 2.02. The van der Waals surface area contributed by atoms with Crippen LogP contribution in [0.25, 0.3) is 0 Å². The fourth-order valence-electron chi connectivity index (χ4n) is 2.03. The fraction of sp³-hybridized carbons (Fsp3) is 0.400. The van der Waals surface area contributed by atoms with Crippen LogP contribution in [0.5, 0.6) is 0 Å². The number of nitrogens with one attached hydrogen (secondary N) is 1. The Morgan fingerprint density at radius 1 is 1.24 bits per heavy atom. The van der Waals surface area contributed by atoms with Gasteiger partial charge in [-0.25, -0.2) is 14.5 Å². The maximum absolute atomic E-state index is 10.8. The molecular weight excluding hydrogens is 268 g/mol. The summed E-state index contributed by atoms with van der Waals surface area (Å²) in [6.07, 6.45) is 1.56. The van der Waals surface area contributed by atoms with E-state index in [4.69, 9.17) is 5.11 Å². The lowest BCUT2D eigenvalue weighted by Crippen LogP contribution is -2.28. The van der Waals surface area contributed by atoms with E-state index in [-0.39, 0.29) is 5.54 Å². The Morgan fingerprint density at radius 3 is 2.48 bits per heavy atom. The van der Waals surface area contributed by atoms with E-state index in [0.29, 0.717) is 18.7 Å². The Labute approximate surface area is 123 Å². The minimum atomic E-state index is -0.909. The Kier molecular flexibility index (Phi) is 4.37. The summed E-state index contributed by atoms with van der Waals surface area (Å²) in [4.78, 5) is 15.0. The molecule has 6 nitrogen and oxygen atoms in total. The van der Waals surface area contributed by atoms with Gasteiger partial charge in [-0.2, -0.15) is 5.10 Å². The number of carbonyl (C=O) groups is 1. The van der Waals surface area contributed by atoms with Crippen molar-refractivity contribution >= 4 is 5.97 Å². The summed E-state index contributed by atoms with van der Waals surface area (Å²) in [5.74, 6) is -0.0301. The first-order valence-corrected chi connectivity index (χ1v) is 6.80. The SMILES string of the molecule is CC(C)(C)n1ncnc1CNCc1ccc(C(=O)O)cc1. The van der Waals surface area contributed by atoms with Crippen LogP contribution in [0.15, 0.2) is 30.6 Å². The molecule has 0 aliphatic carbocycles. The standard InChI is InChI=1S/C15H20N4O2/c1-15(2,3)19-13(17-10-18-19)9-16-8-11-4-6-12(7-5-11)14(20)21/h4-7,10,16H,8-9H2,1-3H3,(H,20,21). The smallest absolute Gasteiger partial charge is 0.335 e. The lowest BCUT2D eigenvalue weighted by Gasteiger charge is -2.21. The van der Waals surface area contributed by atoms with Crippen molar-refractivity contribution in [3.05, 3.63) is 47.5 Å². The second-order valence-corrected chi connectivity index (χ2v) is 5.86. The molecule has 0 amide bonds. The van der Waals surface area contributed by atoms with Gasteiger partial charge < -0.3 is 10.4 Å². The normalized spacial score (nSPS) is 11.6. The van der Waals surface area contributed by atoms with Crippen molar-refractivity contribution in [3.8, 4) is 0 Å². The van der Waals surface area contributed by atoms with E-state index < -0.39 is 5.97 Å². The van der Waals surface area contributed by atoms with Gasteiger partial charge in [-0.1, -0.05) is 12.1 Å². The van der Waals surface area contributed by atoms with E-state index >= 15 is 0 Å². The molecule has 21 heavy (non-hydrogen) atoms. The molecule has 1 heterocycles. The molecule has 0 spiro atoms. The summed E-state index contributed by atoms with van der Waals surface area (Å²) in [6.45, 7) is 7.50. The highest BCUT2D eigenvalue weighted by molar-refractivity contribution is 5.87. The monoisotopic (exact) mass is 288 g/mol.